The quantitative estimate of drug-likeness (QED) is 0.110. The number of anilines is 2. The summed E-state index contributed by atoms with van der Waals surface area (Å²) < 4.78 is 26.1. The van der Waals surface area contributed by atoms with Gasteiger partial charge in [0, 0.05) is 52.8 Å². The molecule has 60 heavy (non-hydrogen) atoms. The van der Waals surface area contributed by atoms with Crippen molar-refractivity contribution in [2.75, 3.05) is 24.0 Å². The van der Waals surface area contributed by atoms with Gasteiger partial charge in [-0.1, -0.05) is 42.5 Å². The zero-order valence-corrected chi connectivity index (χ0v) is 34.9. The van der Waals surface area contributed by atoms with Crippen LogP contribution >= 0.6 is 0 Å². The Labute approximate surface area is 348 Å². The number of para-hydroxylation sites is 2. The smallest absolute Gasteiger partial charge is 0.274 e. The Balaban J connectivity index is 1.12. The van der Waals surface area contributed by atoms with Gasteiger partial charge in [0.1, 0.15) is 11.5 Å². The number of aryl methyl sites for hydroxylation is 2. The Morgan fingerprint density at radius 2 is 1.08 bits per heavy atom. The first kappa shape index (κ1) is 38.7. The molecule has 5 aromatic carbocycles. The average molecular weight is 807 g/mol. The topological polar surface area (TPSA) is 130 Å². The molecule has 0 amide bonds. The van der Waals surface area contributed by atoms with Crippen LogP contribution in [-0.2, 0) is 23.9 Å². The maximum atomic E-state index is 11.8. The lowest BCUT2D eigenvalue weighted by atomic mass is 9.76. The summed E-state index contributed by atoms with van der Waals surface area (Å²) in [6, 6.07) is 26.9. The van der Waals surface area contributed by atoms with Crippen LogP contribution in [0.4, 0.5) is 22.7 Å². The molecule has 0 N–H and O–H groups in total. The molecular weight excluding hydrogens is 761 g/mol. The van der Waals surface area contributed by atoms with Crippen LogP contribution in [0.2, 0.25) is 0 Å². The van der Waals surface area contributed by atoms with Gasteiger partial charge in [-0.05, 0) is 112 Å². The minimum atomic E-state index is -1.04. The molecule has 2 spiro atoms. The van der Waals surface area contributed by atoms with Crippen molar-refractivity contribution in [2.24, 2.45) is 0 Å². The van der Waals surface area contributed by atoms with Crippen molar-refractivity contribution >= 4 is 34.9 Å². The van der Waals surface area contributed by atoms with Crippen molar-refractivity contribution < 1.29 is 28.8 Å². The molecule has 0 aliphatic carbocycles. The first-order chi connectivity index (χ1) is 28.6. The van der Waals surface area contributed by atoms with Gasteiger partial charge in [-0.2, -0.15) is 0 Å². The predicted molar refractivity (Wildman–Crippen MR) is 231 cm³/mol. The zero-order chi connectivity index (χ0) is 42.5. The van der Waals surface area contributed by atoms with Crippen molar-refractivity contribution in [3.8, 4) is 23.0 Å². The van der Waals surface area contributed by atoms with Crippen LogP contribution in [-0.4, -0.2) is 35.5 Å². The van der Waals surface area contributed by atoms with Gasteiger partial charge in [0.2, 0.25) is 11.4 Å². The highest BCUT2D eigenvalue weighted by Crippen LogP contribution is 2.58. The number of rotatable bonds is 8. The molecule has 0 aromatic heterocycles. The highest BCUT2D eigenvalue weighted by Gasteiger charge is 2.60. The Morgan fingerprint density at radius 1 is 0.600 bits per heavy atom. The van der Waals surface area contributed by atoms with Crippen LogP contribution in [0, 0.1) is 34.1 Å². The minimum absolute atomic E-state index is 0.0258. The van der Waals surface area contributed by atoms with Crippen LogP contribution in [0.3, 0.4) is 0 Å². The van der Waals surface area contributed by atoms with Gasteiger partial charge in [0.05, 0.1) is 47.5 Å². The van der Waals surface area contributed by atoms with Gasteiger partial charge in [0.25, 0.3) is 11.4 Å². The molecule has 306 valence electrons. The van der Waals surface area contributed by atoms with Crippen LogP contribution < -0.4 is 28.7 Å². The number of nitro benzene ring substituents is 2. The van der Waals surface area contributed by atoms with E-state index >= 15 is 0 Å². The SMILES string of the molecule is COc1cc(CN2c3ccccc3C(C)(C)C23C=Cc2cc([N+](=O)[O-])cc(C)c2O3)c(C)cc1CN1c2ccccc2C(C)(C)C12C=Cc1cc([N+](=O)[O-])cc(OC)c1O2. The van der Waals surface area contributed by atoms with E-state index in [9.17, 15) is 20.2 Å². The summed E-state index contributed by atoms with van der Waals surface area (Å²) in [5, 5.41) is 23.5. The van der Waals surface area contributed by atoms with Gasteiger partial charge >= 0.3 is 0 Å². The molecule has 0 saturated heterocycles. The second-order valence-corrected chi connectivity index (χ2v) is 17.1. The normalized spacial score (nSPS) is 20.9. The van der Waals surface area contributed by atoms with E-state index in [4.69, 9.17) is 18.9 Å². The fourth-order valence-corrected chi connectivity index (χ4v) is 9.91. The molecule has 5 aromatic rings. The number of hydrogen-bond acceptors (Lipinski definition) is 10. The Hall–Kier alpha value is -6.82. The number of non-ortho nitro benzene ring substituents is 2. The van der Waals surface area contributed by atoms with E-state index < -0.39 is 27.2 Å². The van der Waals surface area contributed by atoms with Gasteiger partial charge < -0.3 is 28.7 Å². The van der Waals surface area contributed by atoms with Crippen molar-refractivity contribution in [2.45, 2.75) is 76.9 Å². The Bertz CT molecular complexity index is 2720. The highest BCUT2D eigenvalue weighted by atomic mass is 16.6. The largest absolute Gasteiger partial charge is 0.496 e. The summed E-state index contributed by atoms with van der Waals surface area (Å²) in [5.41, 5.74) is 6.09. The Morgan fingerprint density at radius 3 is 1.62 bits per heavy atom. The average Bonchev–Trinajstić information content (AvgIpc) is 3.51. The number of benzene rings is 5. The molecule has 12 heteroatoms. The molecule has 4 aliphatic heterocycles. The van der Waals surface area contributed by atoms with Crippen molar-refractivity contribution in [1.82, 2.24) is 0 Å². The van der Waals surface area contributed by atoms with E-state index in [0.717, 1.165) is 39.2 Å². The summed E-state index contributed by atoms with van der Waals surface area (Å²) in [7, 11) is 3.17. The highest BCUT2D eigenvalue weighted by molar-refractivity contribution is 5.77. The van der Waals surface area contributed by atoms with Crippen LogP contribution in [0.25, 0.3) is 12.2 Å². The summed E-state index contributed by atoms with van der Waals surface area (Å²) in [4.78, 5) is 27.3. The summed E-state index contributed by atoms with van der Waals surface area (Å²) in [6.07, 6.45) is 7.91. The fraction of sp³-hybridized carbons (Fsp3) is 0.292. The molecule has 4 aliphatic rings. The monoisotopic (exact) mass is 806 g/mol. The third-order valence-electron chi connectivity index (χ3n) is 13.2. The molecule has 0 fully saturated rings. The number of ether oxygens (including phenoxy) is 4. The molecule has 4 heterocycles. The minimum Gasteiger partial charge on any atom is -0.496 e. The Kier molecular flexibility index (Phi) is 8.61. The lowest BCUT2D eigenvalue weighted by Gasteiger charge is -2.48. The number of nitro groups is 2. The maximum Gasteiger partial charge on any atom is 0.274 e. The second-order valence-electron chi connectivity index (χ2n) is 17.1. The zero-order valence-electron chi connectivity index (χ0n) is 34.9. The van der Waals surface area contributed by atoms with Crippen LogP contribution in [0.15, 0.2) is 97.1 Å². The van der Waals surface area contributed by atoms with E-state index in [2.05, 4.69) is 86.9 Å². The predicted octanol–water partition coefficient (Wildman–Crippen LogP) is 10.3. The van der Waals surface area contributed by atoms with Crippen molar-refractivity contribution in [1.29, 1.82) is 0 Å². The van der Waals surface area contributed by atoms with E-state index in [-0.39, 0.29) is 22.0 Å². The molecule has 12 nitrogen and oxygen atoms in total. The van der Waals surface area contributed by atoms with E-state index in [1.165, 1.54) is 19.2 Å². The molecular formula is C48H46N4O8. The van der Waals surface area contributed by atoms with Crippen molar-refractivity contribution in [3.63, 3.8) is 0 Å². The summed E-state index contributed by atoms with van der Waals surface area (Å²) in [6.45, 7) is 13.5. The lowest BCUT2D eigenvalue weighted by Crippen LogP contribution is -2.59. The molecule has 2 unspecified atom stereocenters. The third-order valence-corrected chi connectivity index (χ3v) is 13.2. The molecule has 0 saturated carbocycles. The fourth-order valence-electron chi connectivity index (χ4n) is 9.91. The molecule has 9 rings (SSSR count). The lowest BCUT2D eigenvalue weighted by molar-refractivity contribution is -0.385. The number of methoxy groups -OCH3 is 2. The summed E-state index contributed by atoms with van der Waals surface area (Å²) >= 11 is 0. The third kappa shape index (κ3) is 5.35. The van der Waals surface area contributed by atoms with Gasteiger partial charge in [-0.15, -0.1) is 0 Å². The standard InChI is InChI=1S/C48H46N4O8/c1-29-21-34(28-50-40-16-12-10-14-38(40)46(5,6)48(50)20-18-32-24-36(52(55)56)26-42(58-8)44(32)60-48)41(57-7)25-33(29)27-49-39-15-11-9-13-37(39)45(3,4)47(49)19-17-31-23-35(51(53)54)22-30(2)43(31)59-47/h9-26H,27-28H2,1-8H3. The first-order valence-corrected chi connectivity index (χ1v) is 19.9. The van der Waals surface area contributed by atoms with E-state index in [1.54, 1.807) is 19.2 Å². The molecule has 0 bridgehead atoms. The van der Waals surface area contributed by atoms with Gasteiger partial charge in [-0.25, -0.2) is 0 Å². The maximum absolute atomic E-state index is 11.8. The van der Waals surface area contributed by atoms with Crippen LogP contribution in [0.1, 0.15) is 72.2 Å². The number of nitrogens with zero attached hydrogens (tertiary/aromatic N) is 4. The first-order valence-electron chi connectivity index (χ1n) is 19.9. The van der Waals surface area contributed by atoms with Gasteiger partial charge in [-0.3, -0.25) is 20.2 Å². The van der Waals surface area contributed by atoms with E-state index in [1.807, 2.05) is 49.4 Å². The van der Waals surface area contributed by atoms with E-state index in [0.29, 0.717) is 47.0 Å². The van der Waals surface area contributed by atoms with Gasteiger partial charge in [0.15, 0.2) is 11.5 Å². The number of hydrogen-bond donors (Lipinski definition) is 0. The van der Waals surface area contributed by atoms with Crippen molar-refractivity contribution in [3.05, 3.63) is 162 Å². The van der Waals surface area contributed by atoms with Crippen LogP contribution in [0.5, 0.6) is 23.0 Å². The second kappa shape index (κ2) is 13.4. The molecule has 2 atom stereocenters. The number of fused-ring (bicyclic) bond motifs is 4. The summed E-state index contributed by atoms with van der Waals surface area (Å²) in [5.74, 6) is 2.05. The molecule has 0 radical (unpaired) electrons.